The summed E-state index contributed by atoms with van der Waals surface area (Å²) < 4.78 is 9.88. The Kier molecular flexibility index (Phi) is 3.64. The van der Waals surface area contributed by atoms with Crippen molar-refractivity contribution in [1.29, 1.82) is 0 Å². The maximum Gasteiger partial charge on any atom is 0.312 e. The largest absolute Gasteiger partial charge is 0.394 e. The number of hydrogen-bond donors (Lipinski definition) is 4. The molecular weight excluding hydrogens is 192 g/mol. The zero-order valence-corrected chi connectivity index (χ0v) is 7.71. The van der Waals surface area contributed by atoms with Gasteiger partial charge in [-0.2, -0.15) is 0 Å². The predicted octanol–water partition coefficient (Wildman–Crippen LogP) is -2.25. The first kappa shape index (κ1) is 11.2. The highest BCUT2D eigenvalue weighted by Gasteiger charge is 2.44. The lowest BCUT2D eigenvalue weighted by molar-refractivity contribution is -0.153. The van der Waals surface area contributed by atoms with Crippen LogP contribution in [0.25, 0.3) is 0 Å². The highest BCUT2D eigenvalue weighted by molar-refractivity contribution is 5.72. The second-order valence-electron chi connectivity index (χ2n) is 2.99. The van der Waals surface area contributed by atoms with Crippen LogP contribution in [0.4, 0.5) is 4.79 Å². The molecule has 0 spiro atoms. The number of aliphatic hydroxyl groups excluding tert-OH is 2. The number of primary amides is 1. The van der Waals surface area contributed by atoms with Crippen LogP contribution in [-0.2, 0) is 9.47 Å². The fraction of sp³-hybridized carbons (Fsp3) is 0.857. The smallest absolute Gasteiger partial charge is 0.312 e. The lowest BCUT2D eigenvalue weighted by Crippen LogP contribution is -2.50. The number of nitrogens with two attached hydrogens (primary N) is 1. The van der Waals surface area contributed by atoms with Gasteiger partial charge in [0, 0.05) is 7.11 Å². The SMILES string of the molecule is CO[C@H]1O[C@@H](CO)[C@@H](NC(N)=O)[C@@H]1O. The first-order valence-corrected chi connectivity index (χ1v) is 4.13. The second-order valence-corrected chi connectivity index (χ2v) is 2.99. The van der Waals surface area contributed by atoms with Gasteiger partial charge in [-0.1, -0.05) is 0 Å². The molecule has 0 aromatic rings. The molecule has 82 valence electrons. The number of rotatable bonds is 3. The molecule has 5 N–H and O–H groups in total. The molecule has 1 aliphatic rings. The molecule has 0 aliphatic carbocycles. The summed E-state index contributed by atoms with van der Waals surface area (Å²) in [6.07, 6.45) is -2.60. The topological polar surface area (TPSA) is 114 Å². The van der Waals surface area contributed by atoms with E-state index in [1.54, 1.807) is 0 Å². The Bertz CT molecular complexity index is 210. The molecule has 2 amide bonds. The highest BCUT2D eigenvalue weighted by atomic mass is 16.7. The number of ether oxygens (including phenoxy) is 2. The van der Waals surface area contributed by atoms with Gasteiger partial charge in [0.05, 0.1) is 12.6 Å². The van der Waals surface area contributed by atoms with Gasteiger partial charge in [-0.25, -0.2) is 4.79 Å². The van der Waals surface area contributed by atoms with E-state index in [0.29, 0.717) is 0 Å². The van der Waals surface area contributed by atoms with Gasteiger partial charge in [0.25, 0.3) is 0 Å². The third-order valence-corrected chi connectivity index (χ3v) is 2.08. The minimum Gasteiger partial charge on any atom is -0.394 e. The van der Waals surface area contributed by atoms with Gasteiger partial charge >= 0.3 is 6.03 Å². The van der Waals surface area contributed by atoms with Crippen molar-refractivity contribution in [3.05, 3.63) is 0 Å². The summed E-state index contributed by atoms with van der Waals surface area (Å²) in [6, 6.07) is -1.53. The number of methoxy groups -OCH3 is 1. The van der Waals surface area contributed by atoms with E-state index >= 15 is 0 Å². The minimum atomic E-state index is -1.04. The van der Waals surface area contributed by atoms with Crippen LogP contribution in [0.15, 0.2) is 0 Å². The molecule has 14 heavy (non-hydrogen) atoms. The number of aliphatic hydroxyl groups is 2. The Balaban J connectivity index is 2.64. The van der Waals surface area contributed by atoms with Crippen molar-refractivity contribution in [2.24, 2.45) is 5.73 Å². The van der Waals surface area contributed by atoms with Crippen molar-refractivity contribution in [3.8, 4) is 0 Å². The zero-order valence-electron chi connectivity index (χ0n) is 7.71. The van der Waals surface area contributed by atoms with Gasteiger partial charge in [-0.3, -0.25) is 0 Å². The Hall–Kier alpha value is -0.890. The summed E-state index contributed by atoms with van der Waals surface area (Å²) in [5.74, 6) is 0. The molecule has 1 heterocycles. The monoisotopic (exact) mass is 206 g/mol. The molecule has 0 radical (unpaired) electrons. The van der Waals surface area contributed by atoms with Gasteiger partial charge in [-0.15, -0.1) is 0 Å². The normalized spacial score (nSPS) is 37.1. The van der Waals surface area contributed by atoms with Gasteiger partial charge in [-0.05, 0) is 0 Å². The summed E-state index contributed by atoms with van der Waals surface area (Å²) in [7, 11) is 1.36. The van der Waals surface area contributed by atoms with Crippen LogP contribution >= 0.6 is 0 Å². The van der Waals surface area contributed by atoms with E-state index in [2.05, 4.69) is 5.32 Å². The molecule has 0 aromatic carbocycles. The summed E-state index contributed by atoms with van der Waals surface area (Å²) in [5.41, 5.74) is 4.90. The van der Waals surface area contributed by atoms with Crippen molar-refractivity contribution in [3.63, 3.8) is 0 Å². The van der Waals surface area contributed by atoms with Crippen LogP contribution in [0.3, 0.4) is 0 Å². The lowest BCUT2D eigenvalue weighted by atomic mass is 10.1. The van der Waals surface area contributed by atoms with E-state index in [1.165, 1.54) is 7.11 Å². The molecular formula is C7H14N2O5. The van der Waals surface area contributed by atoms with Crippen molar-refractivity contribution in [1.82, 2.24) is 5.32 Å². The lowest BCUT2D eigenvalue weighted by Gasteiger charge is -2.18. The molecule has 4 atom stereocenters. The van der Waals surface area contributed by atoms with Crippen LogP contribution in [0.2, 0.25) is 0 Å². The van der Waals surface area contributed by atoms with Gasteiger partial charge < -0.3 is 30.7 Å². The Labute approximate surface area is 80.8 Å². The molecule has 0 saturated carbocycles. The summed E-state index contributed by atoms with van der Waals surface area (Å²) in [6.45, 7) is -0.331. The molecule has 1 fully saturated rings. The molecule has 7 heteroatoms. The average molecular weight is 206 g/mol. The van der Waals surface area contributed by atoms with E-state index in [9.17, 15) is 9.90 Å². The summed E-state index contributed by atoms with van der Waals surface area (Å²) in [5, 5.41) is 20.7. The van der Waals surface area contributed by atoms with Crippen molar-refractivity contribution in [2.45, 2.75) is 24.5 Å². The van der Waals surface area contributed by atoms with Crippen LogP contribution in [0.1, 0.15) is 0 Å². The van der Waals surface area contributed by atoms with E-state index in [-0.39, 0.29) is 6.61 Å². The maximum absolute atomic E-state index is 10.6. The first-order valence-electron chi connectivity index (χ1n) is 4.13. The van der Waals surface area contributed by atoms with E-state index in [0.717, 1.165) is 0 Å². The molecule has 0 unspecified atom stereocenters. The maximum atomic E-state index is 10.6. The molecule has 7 nitrogen and oxygen atoms in total. The second kappa shape index (κ2) is 4.56. The fourth-order valence-corrected chi connectivity index (χ4v) is 1.42. The minimum absolute atomic E-state index is 0.331. The van der Waals surface area contributed by atoms with E-state index in [4.69, 9.17) is 20.3 Å². The number of carbonyl (C=O) groups is 1. The standard InChI is InChI=1S/C7H14N2O5/c1-13-6-5(11)4(9-7(8)12)3(2-10)14-6/h3-6,10-11H,2H2,1H3,(H3,8,9,12)/t3-,4+,5-,6-/m0/s1. The van der Waals surface area contributed by atoms with Crippen molar-refractivity contribution in [2.75, 3.05) is 13.7 Å². The number of urea groups is 1. The third-order valence-electron chi connectivity index (χ3n) is 2.08. The van der Waals surface area contributed by atoms with Crippen molar-refractivity contribution < 1.29 is 24.5 Å². The van der Waals surface area contributed by atoms with Crippen LogP contribution < -0.4 is 11.1 Å². The Morgan fingerprint density at radius 3 is 2.79 bits per heavy atom. The van der Waals surface area contributed by atoms with E-state index in [1.807, 2.05) is 0 Å². The van der Waals surface area contributed by atoms with Crippen LogP contribution in [0, 0.1) is 0 Å². The van der Waals surface area contributed by atoms with Gasteiger partial charge in [0.1, 0.15) is 12.2 Å². The Morgan fingerprint density at radius 2 is 2.36 bits per heavy atom. The van der Waals surface area contributed by atoms with Crippen molar-refractivity contribution >= 4 is 6.03 Å². The summed E-state index contributed by atoms with van der Waals surface area (Å²) in [4.78, 5) is 10.6. The molecule has 1 saturated heterocycles. The number of nitrogens with one attached hydrogen (secondary N) is 1. The molecule has 1 aliphatic heterocycles. The number of carbonyl (C=O) groups excluding carboxylic acids is 1. The van der Waals surface area contributed by atoms with Gasteiger partial charge in [0.15, 0.2) is 6.29 Å². The Morgan fingerprint density at radius 1 is 1.71 bits per heavy atom. The van der Waals surface area contributed by atoms with Gasteiger partial charge in [0.2, 0.25) is 0 Å². The molecule has 0 bridgehead atoms. The zero-order chi connectivity index (χ0) is 10.7. The molecule has 1 rings (SSSR count). The average Bonchev–Trinajstić information content (AvgIpc) is 2.43. The van der Waals surface area contributed by atoms with Crippen LogP contribution in [0.5, 0.6) is 0 Å². The summed E-state index contributed by atoms with van der Waals surface area (Å²) >= 11 is 0. The quantitative estimate of drug-likeness (QED) is 0.416. The third kappa shape index (κ3) is 2.13. The van der Waals surface area contributed by atoms with Crippen LogP contribution in [-0.4, -0.2) is 54.5 Å². The number of hydrogen-bond acceptors (Lipinski definition) is 5. The van der Waals surface area contributed by atoms with E-state index < -0.39 is 30.6 Å². The predicted molar refractivity (Wildman–Crippen MR) is 45.3 cm³/mol. The highest BCUT2D eigenvalue weighted by Crippen LogP contribution is 2.21. The fourth-order valence-electron chi connectivity index (χ4n) is 1.42. The number of amides is 2. The first-order chi connectivity index (χ1) is 6.60. The molecule has 0 aromatic heterocycles.